The predicted octanol–water partition coefficient (Wildman–Crippen LogP) is 2.40. The van der Waals surface area contributed by atoms with Crippen LogP contribution >= 0.6 is 0 Å². The Labute approximate surface area is 163 Å². The van der Waals surface area contributed by atoms with E-state index < -0.39 is 0 Å². The van der Waals surface area contributed by atoms with Gasteiger partial charge in [0.25, 0.3) is 0 Å². The average molecular weight is 382 g/mol. The zero-order chi connectivity index (χ0) is 19.8. The molecule has 1 N–H and O–H groups in total. The first-order valence-electron chi connectivity index (χ1n) is 9.59. The maximum atomic E-state index is 14.0. The maximum Gasteiger partial charge on any atom is 0.242 e. The smallest absolute Gasteiger partial charge is 0.242 e. The van der Waals surface area contributed by atoms with Crippen LogP contribution in [0.25, 0.3) is 11.1 Å². The van der Waals surface area contributed by atoms with Crippen molar-refractivity contribution in [3.8, 4) is 11.1 Å². The summed E-state index contributed by atoms with van der Waals surface area (Å²) in [5.74, 6) is -0.466. The molecule has 146 valence electrons. The van der Waals surface area contributed by atoms with E-state index in [9.17, 15) is 19.1 Å². The van der Waals surface area contributed by atoms with Crippen molar-refractivity contribution in [3.63, 3.8) is 0 Å². The van der Waals surface area contributed by atoms with Gasteiger partial charge < -0.3 is 14.9 Å². The van der Waals surface area contributed by atoms with Crippen molar-refractivity contribution < 1.29 is 19.1 Å². The zero-order valence-corrected chi connectivity index (χ0v) is 15.7. The molecule has 2 amide bonds. The second-order valence-electron chi connectivity index (χ2n) is 7.37. The second-order valence-corrected chi connectivity index (χ2v) is 7.37. The van der Waals surface area contributed by atoms with Crippen LogP contribution in [0.5, 0.6) is 0 Å². The summed E-state index contributed by atoms with van der Waals surface area (Å²) in [4.78, 5) is 27.9. The third kappa shape index (κ3) is 2.98. The van der Waals surface area contributed by atoms with E-state index in [0.29, 0.717) is 18.5 Å². The molecule has 2 aromatic carbocycles. The number of nitrogens with zero attached hydrogens (tertiary/aromatic N) is 2. The number of aliphatic hydroxyl groups is 1. The maximum absolute atomic E-state index is 14.0. The van der Waals surface area contributed by atoms with Crippen molar-refractivity contribution in [3.05, 3.63) is 59.9 Å². The van der Waals surface area contributed by atoms with Crippen LogP contribution in [0.2, 0.25) is 0 Å². The van der Waals surface area contributed by atoms with Gasteiger partial charge in [-0.05, 0) is 17.2 Å². The van der Waals surface area contributed by atoms with Gasteiger partial charge in [-0.25, -0.2) is 4.39 Å². The normalized spacial score (nSPS) is 24.0. The van der Waals surface area contributed by atoms with Crippen LogP contribution in [0, 0.1) is 5.82 Å². The molecule has 0 aliphatic carbocycles. The van der Waals surface area contributed by atoms with Crippen molar-refractivity contribution in [1.29, 1.82) is 0 Å². The molecule has 2 aliphatic heterocycles. The minimum absolute atomic E-state index is 0.0332. The number of fused-ring (bicyclic) bond motifs is 1. The summed E-state index contributed by atoms with van der Waals surface area (Å²) in [7, 11) is 0. The van der Waals surface area contributed by atoms with Crippen LogP contribution in [0.15, 0.2) is 48.5 Å². The van der Waals surface area contributed by atoms with Crippen LogP contribution in [0.1, 0.15) is 24.8 Å². The Hall–Kier alpha value is -2.73. The second kappa shape index (κ2) is 7.36. The highest BCUT2D eigenvalue weighted by Crippen LogP contribution is 2.43. The first-order chi connectivity index (χ1) is 13.5. The lowest BCUT2D eigenvalue weighted by Gasteiger charge is -2.58. The number of piperazine rings is 1. The Morgan fingerprint density at radius 3 is 2.54 bits per heavy atom. The summed E-state index contributed by atoms with van der Waals surface area (Å²) in [6.45, 7) is 2.23. The fraction of sp³-hybridized carbons (Fsp3) is 0.364. The van der Waals surface area contributed by atoms with Crippen LogP contribution in [0.3, 0.4) is 0 Å². The summed E-state index contributed by atoms with van der Waals surface area (Å²) < 4.78 is 14.0. The van der Waals surface area contributed by atoms with Gasteiger partial charge in [0.2, 0.25) is 11.8 Å². The molecule has 2 heterocycles. The minimum atomic E-state index is -0.282. The standard InChI is InChI=1S/C22H23FN2O3/c1-2-20(27)24-11-18-22(19(13-26)25(18)21(28)12-24)15-9-7-14(8-10-15)16-5-3-4-6-17(16)23/h3-10,18-19,22,26H,2,11-13H2,1H3/t18-,19+,22-/m1/s1. The van der Waals surface area contributed by atoms with Crippen LogP contribution in [0.4, 0.5) is 4.39 Å². The Morgan fingerprint density at radius 1 is 1.18 bits per heavy atom. The van der Waals surface area contributed by atoms with Crippen molar-refractivity contribution in [1.82, 2.24) is 9.80 Å². The molecule has 3 atom stereocenters. The highest BCUT2D eigenvalue weighted by molar-refractivity contribution is 5.87. The number of hydrogen-bond acceptors (Lipinski definition) is 3. The Bertz CT molecular complexity index is 899. The van der Waals surface area contributed by atoms with E-state index in [1.807, 2.05) is 24.3 Å². The zero-order valence-electron chi connectivity index (χ0n) is 15.7. The van der Waals surface area contributed by atoms with Crippen LogP contribution in [-0.2, 0) is 9.59 Å². The summed E-state index contributed by atoms with van der Waals surface area (Å²) in [6, 6.07) is 13.8. The SMILES string of the molecule is CCC(=O)N1CC(=O)N2[C@H](C1)[C@@H](c1ccc(-c3ccccc3F)cc1)[C@@H]2CO. The lowest BCUT2D eigenvalue weighted by molar-refractivity contribution is -0.166. The first kappa shape index (κ1) is 18.6. The number of rotatable bonds is 4. The van der Waals surface area contributed by atoms with Gasteiger partial charge in [-0.15, -0.1) is 0 Å². The molecular weight excluding hydrogens is 359 g/mol. The van der Waals surface area contributed by atoms with Gasteiger partial charge in [-0.1, -0.05) is 49.4 Å². The summed E-state index contributed by atoms with van der Waals surface area (Å²) in [6.07, 6.45) is 0.366. The van der Waals surface area contributed by atoms with Gasteiger partial charge in [-0.3, -0.25) is 9.59 Å². The van der Waals surface area contributed by atoms with E-state index in [-0.39, 0.29) is 48.8 Å². The fourth-order valence-electron chi connectivity index (χ4n) is 4.49. The van der Waals surface area contributed by atoms with Crippen LogP contribution in [-0.4, -0.2) is 58.5 Å². The molecule has 2 aromatic rings. The van der Waals surface area contributed by atoms with E-state index in [1.54, 1.807) is 34.9 Å². The van der Waals surface area contributed by atoms with Gasteiger partial charge in [0.05, 0.1) is 25.2 Å². The van der Waals surface area contributed by atoms with E-state index in [4.69, 9.17) is 0 Å². The molecule has 0 unspecified atom stereocenters. The highest BCUT2D eigenvalue weighted by Gasteiger charge is 2.54. The van der Waals surface area contributed by atoms with Gasteiger partial charge in [0.1, 0.15) is 5.82 Å². The largest absolute Gasteiger partial charge is 0.394 e. The van der Waals surface area contributed by atoms with Gasteiger partial charge in [0.15, 0.2) is 0 Å². The molecule has 4 rings (SSSR count). The van der Waals surface area contributed by atoms with Crippen LogP contribution < -0.4 is 0 Å². The van der Waals surface area contributed by atoms with E-state index in [2.05, 4.69) is 0 Å². The predicted molar refractivity (Wildman–Crippen MR) is 103 cm³/mol. The van der Waals surface area contributed by atoms with Crippen molar-refractivity contribution in [2.75, 3.05) is 19.7 Å². The Morgan fingerprint density at radius 2 is 1.89 bits per heavy atom. The number of hydrogen-bond donors (Lipinski definition) is 1. The van der Waals surface area contributed by atoms with Crippen molar-refractivity contribution in [2.24, 2.45) is 0 Å². The highest BCUT2D eigenvalue weighted by atomic mass is 19.1. The summed E-state index contributed by atoms with van der Waals surface area (Å²) >= 11 is 0. The molecule has 2 fully saturated rings. The average Bonchev–Trinajstić information content (AvgIpc) is 2.70. The molecule has 6 heteroatoms. The molecule has 5 nitrogen and oxygen atoms in total. The van der Waals surface area contributed by atoms with Gasteiger partial charge in [-0.2, -0.15) is 0 Å². The summed E-state index contributed by atoms with van der Waals surface area (Å²) in [5.41, 5.74) is 2.30. The van der Waals surface area contributed by atoms with E-state index in [0.717, 1.165) is 11.1 Å². The third-order valence-corrected chi connectivity index (χ3v) is 5.89. The molecule has 28 heavy (non-hydrogen) atoms. The number of halogens is 1. The molecule has 0 aromatic heterocycles. The van der Waals surface area contributed by atoms with E-state index >= 15 is 0 Å². The Kier molecular flexibility index (Phi) is 4.89. The third-order valence-electron chi connectivity index (χ3n) is 5.89. The number of aliphatic hydroxyl groups excluding tert-OH is 1. The number of carbonyl (C=O) groups is 2. The quantitative estimate of drug-likeness (QED) is 0.883. The van der Waals surface area contributed by atoms with Gasteiger partial charge >= 0.3 is 0 Å². The molecule has 0 radical (unpaired) electrons. The first-order valence-corrected chi connectivity index (χ1v) is 9.59. The number of amides is 2. The molecule has 0 saturated carbocycles. The number of carbonyl (C=O) groups excluding carboxylic acids is 2. The van der Waals surface area contributed by atoms with Crippen molar-refractivity contribution in [2.45, 2.75) is 31.3 Å². The van der Waals surface area contributed by atoms with E-state index in [1.165, 1.54) is 6.07 Å². The molecular formula is C22H23FN2O3. The summed E-state index contributed by atoms with van der Waals surface area (Å²) in [5, 5.41) is 9.84. The lowest BCUT2D eigenvalue weighted by atomic mass is 9.73. The molecule has 0 bridgehead atoms. The monoisotopic (exact) mass is 382 g/mol. The topological polar surface area (TPSA) is 60.9 Å². The molecule has 2 saturated heterocycles. The Balaban J connectivity index is 1.60. The molecule has 0 spiro atoms. The fourth-order valence-corrected chi connectivity index (χ4v) is 4.49. The minimum Gasteiger partial charge on any atom is -0.394 e. The number of benzene rings is 2. The van der Waals surface area contributed by atoms with Crippen molar-refractivity contribution >= 4 is 11.8 Å². The lowest BCUT2D eigenvalue weighted by Crippen LogP contribution is -2.73. The van der Waals surface area contributed by atoms with Gasteiger partial charge in [0, 0.05) is 24.4 Å². The molecule has 2 aliphatic rings.